The quantitative estimate of drug-likeness (QED) is 0.611. The van der Waals surface area contributed by atoms with Crippen LogP contribution in [0.3, 0.4) is 0 Å². The van der Waals surface area contributed by atoms with Crippen molar-refractivity contribution < 1.29 is 0 Å². The standard InChI is InChI=1S/C21H20PS2/c1-4-10-18(11-5-1)22(21-23-16-17-24-21,19-12-6-2-7-13-19)20-14-8-3-9-15-20/h1-15,21H,16-17H2/q+1. The molecule has 0 aromatic heterocycles. The molecule has 1 saturated heterocycles. The van der Waals surface area contributed by atoms with Crippen LogP contribution < -0.4 is 15.9 Å². The minimum atomic E-state index is -1.67. The highest BCUT2D eigenvalue weighted by Gasteiger charge is 2.54. The van der Waals surface area contributed by atoms with Crippen LogP contribution in [-0.4, -0.2) is 15.8 Å². The number of hydrogen-bond acceptors (Lipinski definition) is 2. The Hall–Kier alpha value is -1.21. The number of rotatable bonds is 4. The number of benzene rings is 3. The van der Waals surface area contributed by atoms with Crippen molar-refractivity contribution in [2.75, 3.05) is 11.5 Å². The molecular formula is C21H20PS2+. The van der Waals surface area contributed by atoms with Crippen molar-refractivity contribution in [3.05, 3.63) is 91.0 Å². The normalized spacial score (nSPS) is 15.5. The molecule has 0 amide bonds. The molecule has 1 heterocycles. The number of hydrogen-bond donors (Lipinski definition) is 0. The summed E-state index contributed by atoms with van der Waals surface area (Å²) in [5.74, 6) is 2.51. The Labute approximate surface area is 153 Å². The largest absolute Gasteiger partial charge is 0.174 e. The van der Waals surface area contributed by atoms with Crippen molar-refractivity contribution in [2.24, 2.45) is 0 Å². The summed E-state index contributed by atoms with van der Waals surface area (Å²) in [4.78, 5) is 0. The highest BCUT2D eigenvalue weighted by atomic mass is 32.2. The first kappa shape index (κ1) is 16.3. The summed E-state index contributed by atoms with van der Waals surface area (Å²) in [6, 6.07) is 33.6. The Bertz CT molecular complexity index is 672. The molecule has 1 aliphatic rings. The maximum absolute atomic E-state index is 2.34. The zero-order valence-electron chi connectivity index (χ0n) is 13.4. The molecule has 3 heteroatoms. The van der Waals surface area contributed by atoms with Gasteiger partial charge in [-0.15, -0.1) is 23.5 Å². The molecule has 1 fully saturated rings. The highest BCUT2D eigenvalue weighted by Crippen LogP contribution is 2.68. The van der Waals surface area contributed by atoms with Gasteiger partial charge in [0.25, 0.3) is 0 Å². The summed E-state index contributed by atoms with van der Waals surface area (Å²) < 4.78 is 0.602. The maximum Gasteiger partial charge on any atom is 0.174 e. The van der Waals surface area contributed by atoms with Crippen LogP contribution >= 0.6 is 30.8 Å². The molecular weight excluding hydrogens is 347 g/mol. The lowest BCUT2D eigenvalue weighted by molar-refractivity contribution is 1.59. The van der Waals surface area contributed by atoms with Crippen molar-refractivity contribution in [3.8, 4) is 0 Å². The second-order valence-corrected chi connectivity index (χ2v) is 12.7. The zero-order chi connectivity index (χ0) is 16.2. The van der Waals surface area contributed by atoms with Crippen molar-refractivity contribution in [2.45, 2.75) is 4.32 Å². The van der Waals surface area contributed by atoms with Crippen LogP contribution in [0.2, 0.25) is 0 Å². The fourth-order valence-electron chi connectivity index (χ4n) is 3.37. The second-order valence-electron chi connectivity index (χ2n) is 5.78. The van der Waals surface area contributed by atoms with Crippen LogP contribution in [0.1, 0.15) is 0 Å². The molecule has 0 N–H and O–H groups in total. The van der Waals surface area contributed by atoms with Crippen LogP contribution in [0.4, 0.5) is 0 Å². The summed E-state index contributed by atoms with van der Waals surface area (Å²) in [7, 11) is -1.67. The van der Waals surface area contributed by atoms with Crippen molar-refractivity contribution in [3.63, 3.8) is 0 Å². The van der Waals surface area contributed by atoms with Crippen molar-refractivity contribution in [1.82, 2.24) is 0 Å². The first-order chi connectivity index (χ1) is 11.9. The van der Waals surface area contributed by atoms with E-state index in [9.17, 15) is 0 Å². The lowest BCUT2D eigenvalue weighted by atomic mass is 10.4. The highest BCUT2D eigenvalue weighted by molar-refractivity contribution is 8.31. The molecule has 0 bridgehead atoms. The molecule has 0 atom stereocenters. The van der Waals surface area contributed by atoms with Gasteiger partial charge in [0, 0.05) is 11.5 Å². The molecule has 1 aliphatic heterocycles. The van der Waals surface area contributed by atoms with Crippen LogP contribution in [-0.2, 0) is 0 Å². The zero-order valence-corrected chi connectivity index (χ0v) is 15.9. The number of thioether (sulfide) groups is 2. The van der Waals surface area contributed by atoms with Crippen LogP contribution in [0.5, 0.6) is 0 Å². The van der Waals surface area contributed by atoms with Crippen LogP contribution in [0.25, 0.3) is 0 Å². The SMILES string of the molecule is c1ccc([P+](c2ccccc2)(c2ccccc2)C2SCCS2)cc1. The van der Waals surface area contributed by atoms with Gasteiger partial charge in [-0.25, -0.2) is 0 Å². The molecule has 0 spiro atoms. The van der Waals surface area contributed by atoms with Gasteiger partial charge in [-0.3, -0.25) is 0 Å². The van der Waals surface area contributed by atoms with Gasteiger partial charge in [-0.05, 0) is 36.4 Å². The Balaban J connectivity index is 2.03. The summed E-state index contributed by atoms with van der Waals surface area (Å²) in [5.41, 5.74) is 0. The Morgan fingerprint density at radius 1 is 0.542 bits per heavy atom. The third kappa shape index (κ3) is 2.81. The van der Waals surface area contributed by atoms with E-state index >= 15 is 0 Å². The smallest absolute Gasteiger partial charge is 0.105 e. The summed E-state index contributed by atoms with van der Waals surface area (Å²) in [6.07, 6.45) is 0. The van der Waals surface area contributed by atoms with Gasteiger partial charge in [0.05, 0.1) is 0 Å². The van der Waals surface area contributed by atoms with E-state index in [1.165, 1.54) is 27.4 Å². The summed E-state index contributed by atoms with van der Waals surface area (Å²) >= 11 is 4.29. The lowest BCUT2D eigenvalue weighted by Gasteiger charge is -2.31. The molecule has 0 radical (unpaired) electrons. The monoisotopic (exact) mass is 367 g/mol. The fraction of sp³-hybridized carbons (Fsp3) is 0.143. The minimum absolute atomic E-state index is 0.602. The average molecular weight is 367 g/mol. The van der Waals surface area contributed by atoms with E-state index in [4.69, 9.17) is 0 Å². The maximum atomic E-state index is 2.34. The predicted molar refractivity (Wildman–Crippen MR) is 114 cm³/mol. The van der Waals surface area contributed by atoms with Gasteiger partial charge in [-0.2, -0.15) is 0 Å². The van der Waals surface area contributed by atoms with E-state index in [0.29, 0.717) is 4.32 Å². The first-order valence-electron chi connectivity index (χ1n) is 8.21. The molecule has 4 rings (SSSR count). The molecule has 0 nitrogen and oxygen atoms in total. The van der Waals surface area contributed by atoms with E-state index in [1.54, 1.807) is 0 Å². The van der Waals surface area contributed by atoms with Gasteiger partial charge in [0.1, 0.15) is 23.2 Å². The van der Waals surface area contributed by atoms with Gasteiger partial charge >= 0.3 is 0 Å². The topological polar surface area (TPSA) is 0 Å². The molecule has 0 aliphatic carbocycles. The van der Waals surface area contributed by atoms with E-state index in [1.807, 2.05) is 0 Å². The van der Waals surface area contributed by atoms with Crippen molar-refractivity contribution in [1.29, 1.82) is 0 Å². The molecule has 120 valence electrons. The van der Waals surface area contributed by atoms with E-state index in [2.05, 4.69) is 115 Å². The molecule has 0 saturated carbocycles. The predicted octanol–water partition coefficient (Wildman–Crippen LogP) is 4.74. The summed E-state index contributed by atoms with van der Waals surface area (Å²) in [5, 5.41) is 4.48. The Kier molecular flexibility index (Phi) is 4.98. The minimum Gasteiger partial charge on any atom is -0.105 e. The Morgan fingerprint density at radius 3 is 1.21 bits per heavy atom. The van der Waals surface area contributed by atoms with E-state index in [0.717, 1.165) is 0 Å². The van der Waals surface area contributed by atoms with Gasteiger partial charge in [0.2, 0.25) is 0 Å². The van der Waals surface area contributed by atoms with E-state index < -0.39 is 7.26 Å². The van der Waals surface area contributed by atoms with Gasteiger partial charge in [0.15, 0.2) is 4.32 Å². The third-order valence-electron chi connectivity index (χ3n) is 4.41. The molecule has 24 heavy (non-hydrogen) atoms. The van der Waals surface area contributed by atoms with Gasteiger partial charge < -0.3 is 0 Å². The molecule has 0 unspecified atom stereocenters. The van der Waals surface area contributed by atoms with Crippen LogP contribution in [0.15, 0.2) is 91.0 Å². The van der Waals surface area contributed by atoms with E-state index in [-0.39, 0.29) is 0 Å². The third-order valence-corrected chi connectivity index (χ3v) is 13.7. The lowest BCUT2D eigenvalue weighted by Crippen LogP contribution is -2.35. The first-order valence-corrected chi connectivity index (χ1v) is 12.2. The van der Waals surface area contributed by atoms with Crippen molar-refractivity contribution >= 4 is 46.7 Å². The second kappa shape index (κ2) is 7.35. The van der Waals surface area contributed by atoms with Gasteiger partial charge in [-0.1, -0.05) is 54.6 Å². The Morgan fingerprint density at radius 2 is 0.875 bits per heavy atom. The molecule has 3 aromatic carbocycles. The molecule has 3 aromatic rings. The fourth-order valence-corrected chi connectivity index (χ4v) is 13.7. The summed E-state index contributed by atoms with van der Waals surface area (Å²) in [6.45, 7) is 0. The van der Waals surface area contributed by atoms with Crippen LogP contribution in [0, 0.1) is 0 Å². The average Bonchev–Trinajstić information content (AvgIpc) is 3.20.